The molecule has 16 heavy (non-hydrogen) atoms. The number of halogens is 1. The molecule has 0 spiro atoms. The molecular formula is C10H12ClO4P. The van der Waals surface area contributed by atoms with Gasteiger partial charge in [0.25, 0.3) is 0 Å². The molecule has 1 fully saturated rings. The number of phosphoric ester groups is 1. The Hall–Kier alpha value is -0.380. The summed E-state index contributed by atoms with van der Waals surface area (Å²) in [4.78, 5) is 9.32. The Morgan fingerprint density at radius 1 is 1.44 bits per heavy atom. The molecule has 1 aromatic carbocycles. The average molecular weight is 263 g/mol. The second kappa shape index (κ2) is 3.83. The summed E-state index contributed by atoms with van der Waals surface area (Å²) in [5.74, 6) is 0. The molecule has 0 radical (unpaired) electrons. The van der Waals surface area contributed by atoms with Gasteiger partial charge in [-0.15, -0.1) is 0 Å². The third-order valence-corrected chi connectivity index (χ3v) is 3.93. The van der Waals surface area contributed by atoms with Crippen LogP contribution in [0.4, 0.5) is 0 Å². The highest BCUT2D eigenvalue weighted by Crippen LogP contribution is 2.62. The summed E-state index contributed by atoms with van der Waals surface area (Å²) < 4.78 is 21.4. The van der Waals surface area contributed by atoms with Gasteiger partial charge in [-0.05, 0) is 19.9 Å². The Morgan fingerprint density at radius 3 is 2.56 bits per heavy atom. The molecule has 1 N–H and O–H groups in total. The van der Waals surface area contributed by atoms with Crippen LogP contribution in [0.15, 0.2) is 24.3 Å². The quantitative estimate of drug-likeness (QED) is 0.789. The van der Waals surface area contributed by atoms with Crippen molar-refractivity contribution >= 4 is 19.4 Å². The summed E-state index contributed by atoms with van der Waals surface area (Å²) in [5, 5.41) is 0.492. The van der Waals surface area contributed by atoms with Gasteiger partial charge in [-0.25, -0.2) is 4.57 Å². The highest BCUT2D eigenvalue weighted by atomic mass is 35.5. The van der Waals surface area contributed by atoms with Gasteiger partial charge in [0.1, 0.15) is 11.7 Å². The second-order valence-corrected chi connectivity index (χ2v) is 5.91. The summed E-state index contributed by atoms with van der Waals surface area (Å²) in [7, 11) is -3.96. The Bertz CT molecular complexity index is 460. The first-order chi connectivity index (χ1) is 7.32. The van der Waals surface area contributed by atoms with Crippen molar-refractivity contribution in [3.05, 3.63) is 34.9 Å². The van der Waals surface area contributed by atoms with Crippen molar-refractivity contribution in [1.29, 1.82) is 0 Å². The number of phosphoric acid groups is 1. The highest BCUT2D eigenvalue weighted by Gasteiger charge is 2.50. The zero-order valence-electron chi connectivity index (χ0n) is 8.88. The van der Waals surface area contributed by atoms with Crippen LogP contribution in [0, 0.1) is 0 Å². The third-order valence-electron chi connectivity index (χ3n) is 2.41. The molecule has 1 heterocycles. The Kier molecular flexibility index (Phi) is 2.89. The number of rotatable bonds is 1. The Morgan fingerprint density at radius 2 is 2.06 bits per heavy atom. The molecule has 0 aromatic heterocycles. The minimum Gasteiger partial charge on any atom is -0.302 e. The maximum Gasteiger partial charge on any atom is 0.473 e. The molecule has 0 saturated carbocycles. The lowest BCUT2D eigenvalue weighted by Crippen LogP contribution is -2.26. The van der Waals surface area contributed by atoms with E-state index in [0.29, 0.717) is 10.6 Å². The average Bonchev–Trinajstić information content (AvgIpc) is 2.35. The number of hydrogen-bond donors (Lipinski definition) is 1. The lowest BCUT2D eigenvalue weighted by Gasteiger charge is -2.23. The third kappa shape index (κ3) is 2.17. The van der Waals surface area contributed by atoms with Crippen LogP contribution in [0.3, 0.4) is 0 Å². The zero-order chi connectivity index (χ0) is 12.0. The highest BCUT2D eigenvalue weighted by molar-refractivity contribution is 7.47. The molecule has 6 heteroatoms. The standard InChI is InChI=1S/C10H12ClO4P/c1-10(2)9(14-16(12,13)15-10)7-5-3-4-6-8(7)11/h3-6,9H,1-2H3,(H,12,13). The van der Waals surface area contributed by atoms with E-state index in [1.54, 1.807) is 38.1 Å². The van der Waals surface area contributed by atoms with Crippen LogP contribution in [-0.4, -0.2) is 10.5 Å². The Balaban J connectivity index is 2.43. The molecule has 1 aliphatic rings. The van der Waals surface area contributed by atoms with Crippen LogP contribution in [0.2, 0.25) is 5.02 Å². The number of hydrogen-bond acceptors (Lipinski definition) is 3. The van der Waals surface area contributed by atoms with Gasteiger partial charge in [0.2, 0.25) is 0 Å². The molecule has 1 aliphatic heterocycles. The summed E-state index contributed by atoms with van der Waals surface area (Å²) in [6.07, 6.45) is -0.642. The van der Waals surface area contributed by atoms with E-state index in [1.807, 2.05) is 0 Å². The van der Waals surface area contributed by atoms with Crippen molar-refractivity contribution in [3.63, 3.8) is 0 Å². The van der Waals surface area contributed by atoms with Gasteiger partial charge in [-0.2, -0.15) is 0 Å². The second-order valence-electron chi connectivity index (χ2n) is 4.17. The van der Waals surface area contributed by atoms with Gasteiger partial charge in [0.15, 0.2) is 0 Å². The number of benzene rings is 1. The maximum absolute atomic E-state index is 11.4. The smallest absolute Gasteiger partial charge is 0.302 e. The molecule has 0 aliphatic carbocycles. The summed E-state index contributed by atoms with van der Waals surface area (Å²) in [5.41, 5.74) is -0.226. The van der Waals surface area contributed by atoms with E-state index in [4.69, 9.17) is 20.6 Å². The summed E-state index contributed by atoms with van der Waals surface area (Å²) in [6, 6.07) is 7.04. The fourth-order valence-corrected chi connectivity index (χ4v) is 3.35. The van der Waals surface area contributed by atoms with E-state index >= 15 is 0 Å². The van der Waals surface area contributed by atoms with Crippen LogP contribution in [0.5, 0.6) is 0 Å². The van der Waals surface area contributed by atoms with Crippen LogP contribution in [-0.2, 0) is 13.6 Å². The van der Waals surface area contributed by atoms with E-state index in [0.717, 1.165) is 0 Å². The van der Waals surface area contributed by atoms with Crippen molar-refractivity contribution in [2.24, 2.45) is 0 Å². The SMILES string of the molecule is CC1(C)OP(=O)(O)OC1c1ccccc1Cl. The van der Waals surface area contributed by atoms with Crippen molar-refractivity contribution in [1.82, 2.24) is 0 Å². The molecule has 2 atom stereocenters. The van der Waals surface area contributed by atoms with Gasteiger partial charge in [-0.1, -0.05) is 29.8 Å². The Labute approximate surface area is 98.8 Å². The van der Waals surface area contributed by atoms with Gasteiger partial charge in [0.05, 0.1) is 0 Å². The van der Waals surface area contributed by atoms with E-state index in [-0.39, 0.29) is 0 Å². The van der Waals surface area contributed by atoms with Crippen LogP contribution >= 0.6 is 19.4 Å². The first-order valence-corrected chi connectivity index (χ1v) is 6.65. The maximum atomic E-state index is 11.4. The predicted molar refractivity (Wildman–Crippen MR) is 60.3 cm³/mol. The first kappa shape index (κ1) is 12.1. The topological polar surface area (TPSA) is 55.8 Å². The van der Waals surface area contributed by atoms with Crippen LogP contribution in [0.25, 0.3) is 0 Å². The van der Waals surface area contributed by atoms with Crippen LogP contribution < -0.4 is 0 Å². The lowest BCUT2D eigenvalue weighted by atomic mass is 9.95. The van der Waals surface area contributed by atoms with Crippen molar-refractivity contribution in [2.75, 3.05) is 0 Å². The fraction of sp³-hybridized carbons (Fsp3) is 0.400. The van der Waals surface area contributed by atoms with Crippen molar-refractivity contribution in [3.8, 4) is 0 Å². The van der Waals surface area contributed by atoms with E-state index in [9.17, 15) is 9.46 Å². The van der Waals surface area contributed by atoms with Crippen molar-refractivity contribution < 1.29 is 18.5 Å². The van der Waals surface area contributed by atoms with E-state index < -0.39 is 19.5 Å². The monoisotopic (exact) mass is 262 g/mol. The molecule has 0 amide bonds. The normalized spacial score (nSPS) is 32.9. The minimum absolute atomic E-state index is 0.492. The van der Waals surface area contributed by atoms with E-state index in [2.05, 4.69) is 0 Å². The molecule has 2 unspecified atom stereocenters. The molecule has 1 saturated heterocycles. The van der Waals surface area contributed by atoms with Gasteiger partial charge in [0, 0.05) is 10.6 Å². The molecule has 2 rings (SSSR count). The summed E-state index contributed by atoms with van der Waals surface area (Å²) in [6.45, 7) is 3.38. The minimum atomic E-state index is -3.96. The fourth-order valence-electron chi connectivity index (χ4n) is 1.75. The molecular weight excluding hydrogens is 251 g/mol. The zero-order valence-corrected chi connectivity index (χ0v) is 10.5. The predicted octanol–water partition coefficient (Wildman–Crippen LogP) is 3.31. The summed E-state index contributed by atoms with van der Waals surface area (Å²) >= 11 is 6.02. The lowest BCUT2D eigenvalue weighted by molar-refractivity contribution is 0.0720. The molecule has 88 valence electrons. The molecule has 0 bridgehead atoms. The van der Waals surface area contributed by atoms with Crippen LogP contribution in [0.1, 0.15) is 25.5 Å². The van der Waals surface area contributed by atoms with Gasteiger partial charge in [-0.3, -0.25) is 9.05 Å². The van der Waals surface area contributed by atoms with E-state index in [1.165, 1.54) is 0 Å². The van der Waals surface area contributed by atoms with Gasteiger partial charge < -0.3 is 4.89 Å². The van der Waals surface area contributed by atoms with Gasteiger partial charge >= 0.3 is 7.82 Å². The first-order valence-electron chi connectivity index (χ1n) is 4.78. The molecule has 4 nitrogen and oxygen atoms in total. The largest absolute Gasteiger partial charge is 0.473 e. The molecule has 1 aromatic rings. The van der Waals surface area contributed by atoms with Crippen molar-refractivity contribution in [2.45, 2.75) is 25.6 Å².